The molecule has 0 bridgehead atoms. The fraction of sp³-hybridized carbons (Fsp3) is 0.176. The Balaban J connectivity index is 1.96. The molecule has 0 atom stereocenters. The minimum absolute atomic E-state index is 0.115. The lowest BCUT2D eigenvalue weighted by molar-refractivity contribution is -0.114. The molecule has 0 aliphatic carbocycles. The third-order valence-corrected chi connectivity index (χ3v) is 3.79. The summed E-state index contributed by atoms with van der Waals surface area (Å²) in [6, 6.07) is 12.4. The van der Waals surface area contributed by atoms with Crippen LogP contribution in [0.2, 0.25) is 0 Å². The van der Waals surface area contributed by atoms with E-state index < -0.39 is 5.97 Å². The van der Waals surface area contributed by atoms with Crippen molar-refractivity contribution in [2.75, 3.05) is 24.3 Å². The van der Waals surface area contributed by atoms with E-state index in [0.717, 1.165) is 15.7 Å². The van der Waals surface area contributed by atoms with E-state index in [1.807, 2.05) is 25.1 Å². The molecule has 1 amide bonds. The maximum absolute atomic E-state index is 12.0. The van der Waals surface area contributed by atoms with Gasteiger partial charge in [-0.15, -0.1) is 0 Å². The number of hydrogen-bond acceptors (Lipinski definition) is 4. The molecule has 0 aliphatic rings. The van der Waals surface area contributed by atoms with Crippen LogP contribution in [0, 0.1) is 6.92 Å². The van der Waals surface area contributed by atoms with Gasteiger partial charge in [-0.1, -0.05) is 12.1 Å². The number of ether oxygens (including phenoxy) is 1. The van der Waals surface area contributed by atoms with Gasteiger partial charge in [-0.25, -0.2) is 4.79 Å². The highest BCUT2D eigenvalue weighted by atomic mass is 79.9. The molecule has 0 saturated heterocycles. The molecule has 0 aromatic heterocycles. The molecule has 0 unspecified atom stereocenters. The molecule has 0 heterocycles. The van der Waals surface area contributed by atoms with Crippen LogP contribution in [0.15, 0.2) is 46.9 Å². The minimum Gasteiger partial charge on any atom is -0.465 e. The second-order valence-corrected chi connectivity index (χ2v) is 5.81. The Kier molecular flexibility index (Phi) is 5.76. The Labute approximate surface area is 143 Å². The predicted octanol–water partition coefficient (Wildman–Crippen LogP) is 3.59. The van der Waals surface area contributed by atoms with Crippen LogP contribution in [-0.2, 0) is 9.53 Å². The average molecular weight is 377 g/mol. The summed E-state index contributed by atoms with van der Waals surface area (Å²) in [6.07, 6.45) is 0. The number of benzene rings is 2. The van der Waals surface area contributed by atoms with Crippen LogP contribution in [0.25, 0.3) is 0 Å². The van der Waals surface area contributed by atoms with Gasteiger partial charge in [0.25, 0.3) is 0 Å². The molecule has 120 valence electrons. The molecule has 0 fully saturated rings. The van der Waals surface area contributed by atoms with E-state index in [-0.39, 0.29) is 12.5 Å². The Morgan fingerprint density at radius 1 is 1.17 bits per heavy atom. The molecule has 0 radical (unpaired) electrons. The highest BCUT2D eigenvalue weighted by molar-refractivity contribution is 9.10. The zero-order chi connectivity index (χ0) is 16.8. The maximum Gasteiger partial charge on any atom is 0.337 e. The number of halogens is 1. The second kappa shape index (κ2) is 7.78. The number of hydrogen-bond donors (Lipinski definition) is 2. The van der Waals surface area contributed by atoms with Gasteiger partial charge in [-0.05, 0) is 58.7 Å². The zero-order valence-electron chi connectivity index (χ0n) is 12.9. The van der Waals surface area contributed by atoms with Crippen LogP contribution in [0.4, 0.5) is 11.4 Å². The van der Waals surface area contributed by atoms with Crippen LogP contribution in [0.3, 0.4) is 0 Å². The van der Waals surface area contributed by atoms with Gasteiger partial charge < -0.3 is 15.4 Å². The average Bonchev–Trinajstić information content (AvgIpc) is 2.53. The van der Waals surface area contributed by atoms with Crippen LogP contribution < -0.4 is 10.6 Å². The van der Waals surface area contributed by atoms with Crippen molar-refractivity contribution in [3.8, 4) is 0 Å². The fourth-order valence-electron chi connectivity index (χ4n) is 1.99. The molecule has 2 N–H and O–H groups in total. The Morgan fingerprint density at radius 2 is 1.96 bits per heavy atom. The van der Waals surface area contributed by atoms with E-state index in [1.165, 1.54) is 7.11 Å². The van der Waals surface area contributed by atoms with Gasteiger partial charge in [0.05, 0.1) is 19.2 Å². The van der Waals surface area contributed by atoms with E-state index in [9.17, 15) is 9.59 Å². The molecule has 2 aromatic rings. The van der Waals surface area contributed by atoms with Gasteiger partial charge in [0, 0.05) is 15.8 Å². The highest BCUT2D eigenvalue weighted by Gasteiger charge is 2.08. The number of anilines is 2. The topological polar surface area (TPSA) is 67.4 Å². The van der Waals surface area contributed by atoms with Gasteiger partial charge in [0.2, 0.25) is 5.91 Å². The molecular formula is C17H17BrN2O3. The summed E-state index contributed by atoms with van der Waals surface area (Å²) in [4.78, 5) is 23.5. The summed E-state index contributed by atoms with van der Waals surface area (Å²) in [7, 11) is 1.32. The van der Waals surface area contributed by atoms with Gasteiger partial charge in [-0.2, -0.15) is 0 Å². The number of carbonyl (C=O) groups excluding carboxylic acids is 2. The third kappa shape index (κ3) is 4.82. The molecule has 6 heteroatoms. The van der Waals surface area contributed by atoms with Gasteiger partial charge in [0.1, 0.15) is 0 Å². The molecule has 5 nitrogen and oxygen atoms in total. The SMILES string of the molecule is COC(=O)c1cccc(NC(=O)CNc2ccc(C)cc2Br)c1. The second-order valence-electron chi connectivity index (χ2n) is 4.96. The summed E-state index contributed by atoms with van der Waals surface area (Å²) in [6.45, 7) is 2.11. The Bertz CT molecular complexity index is 732. The van der Waals surface area contributed by atoms with Crippen molar-refractivity contribution in [3.63, 3.8) is 0 Å². The fourth-order valence-corrected chi connectivity index (χ4v) is 2.62. The predicted molar refractivity (Wildman–Crippen MR) is 93.8 cm³/mol. The Hall–Kier alpha value is -2.34. The first-order valence-electron chi connectivity index (χ1n) is 6.98. The number of aryl methyl sites for hydroxylation is 1. The summed E-state index contributed by atoms with van der Waals surface area (Å²) in [5, 5.41) is 5.80. The van der Waals surface area contributed by atoms with Crippen molar-refractivity contribution in [2.24, 2.45) is 0 Å². The summed E-state index contributed by atoms with van der Waals surface area (Å²) in [5.74, 6) is -0.651. The van der Waals surface area contributed by atoms with Crippen LogP contribution in [-0.4, -0.2) is 25.5 Å². The van der Waals surface area contributed by atoms with Gasteiger partial charge >= 0.3 is 5.97 Å². The zero-order valence-corrected chi connectivity index (χ0v) is 14.4. The summed E-state index contributed by atoms with van der Waals surface area (Å²) < 4.78 is 5.56. The van der Waals surface area contributed by atoms with E-state index in [4.69, 9.17) is 0 Å². The highest BCUT2D eigenvalue weighted by Crippen LogP contribution is 2.23. The number of esters is 1. The monoisotopic (exact) mass is 376 g/mol. The van der Waals surface area contributed by atoms with E-state index in [1.54, 1.807) is 24.3 Å². The van der Waals surface area contributed by atoms with Crippen LogP contribution in [0.5, 0.6) is 0 Å². The third-order valence-electron chi connectivity index (χ3n) is 3.13. The number of rotatable bonds is 5. The van der Waals surface area contributed by atoms with Crippen LogP contribution >= 0.6 is 15.9 Å². The first-order chi connectivity index (χ1) is 11.0. The molecule has 2 aromatic carbocycles. The first-order valence-corrected chi connectivity index (χ1v) is 7.77. The standard InChI is InChI=1S/C17H17BrN2O3/c1-11-6-7-15(14(18)8-11)19-10-16(21)20-13-5-3-4-12(9-13)17(22)23-2/h3-9,19H,10H2,1-2H3,(H,20,21). The summed E-state index contributed by atoms with van der Waals surface area (Å²) in [5.41, 5.74) is 2.91. The van der Waals surface area contributed by atoms with E-state index >= 15 is 0 Å². The number of carbonyl (C=O) groups is 2. The van der Waals surface area contributed by atoms with Crippen molar-refractivity contribution in [1.29, 1.82) is 0 Å². The van der Waals surface area contributed by atoms with Crippen molar-refractivity contribution >= 4 is 39.2 Å². The lowest BCUT2D eigenvalue weighted by Crippen LogP contribution is -2.22. The normalized spacial score (nSPS) is 10.0. The van der Waals surface area contributed by atoms with Crippen LogP contribution in [0.1, 0.15) is 15.9 Å². The molecule has 0 spiro atoms. The summed E-state index contributed by atoms with van der Waals surface area (Å²) >= 11 is 3.45. The smallest absolute Gasteiger partial charge is 0.337 e. The van der Waals surface area contributed by atoms with E-state index in [2.05, 4.69) is 31.3 Å². The van der Waals surface area contributed by atoms with Gasteiger partial charge in [0.15, 0.2) is 0 Å². The first kappa shape index (κ1) is 17.0. The van der Waals surface area contributed by atoms with Crippen molar-refractivity contribution in [2.45, 2.75) is 6.92 Å². The molecular weight excluding hydrogens is 360 g/mol. The quantitative estimate of drug-likeness (QED) is 0.782. The van der Waals surface area contributed by atoms with Crippen molar-refractivity contribution < 1.29 is 14.3 Å². The number of amides is 1. The van der Waals surface area contributed by atoms with Crippen molar-refractivity contribution in [3.05, 3.63) is 58.1 Å². The molecule has 0 saturated carbocycles. The lowest BCUT2D eigenvalue weighted by Gasteiger charge is -2.10. The lowest BCUT2D eigenvalue weighted by atomic mass is 10.2. The largest absolute Gasteiger partial charge is 0.465 e. The minimum atomic E-state index is -0.442. The van der Waals surface area contributed by atoms with Gasteiger partial charge in [-0.3, -0.25) is 4.79 Å². The maximum atomic E-state index is 12.0. The molecule has 2 rings (SSSR count). The number of methoxy groups -OCH3 is 1. The Morgan fingerprint density at radius 3 is 2.65 bits per heavy atom. The number of nitrogens with one attached hydrogen (secondary N) is 2. The van der Waals surface area contributed by atoms with Crippen molar-refractivity contribution in [1.82, 2.24) is 0 Å². The molecule has 23 heavy (non-hydrogen) atoms. The molecule has 0 aliphatic heterocycles. The van der Waals surface area contributed by atoms with E-state index in [0.29, 0.717) is 11.3 Å².